The monoisotopic (exact) mass is 333 g/mol. The third-order valence-corrected chi connectivity index (χ3v) is 4.98. The van der Waals surface area contributed by atoms with E-state index >= 15 is 0 Å². The Kier molecular flexibility index (Phi) is 4.06. The highest BCUT2D eigenvalue weighted by molar-refractivity contribution is 5.94. The standard InChI is InChI=1S/C19H19N5O/c20-12-14-4-6-15(7-5-14)19(25)24-10-8-23(9-11-24)18-16-2-1-3-17(16)21-13-22-18/h4-7,13H,1-3,8-11H2. The van der Waals surface area contributed by atoms with E-state index in [-0.39, 0.29) is 5.91 Å². The Bertz CT molecular complexity index is 832. The number of amides is 1. The summed E-state index contributed by atoms with van der Waals surface area (Å²) in [6.45, 7) is 2.92. The minimum absolute atomic E-state index is 0.0251. The number of hydrogen-bond acceptors (Lipinski definition) is 5. The van der Waals surface area contributed by atoms with E-state index in [1.807, 2.05) is 4.90 Å². The first kappa shape index (κ1) is 15.6. The molecule has 0 N–H and O–H groups in total. The van der Waals surface area contributed by atoms with Crippen LogP contribution in [0.3, 0.4) is 0 Å². The summed E-state index contributed by atoms with van der Waals surface area (Å²) in [6.07, 6.45) is 4.91. The molecule has 2 heterocycles. The molecule has 1 aliphatic heterocycles. The lowest BCUT2D eigenvalue weighted by molar-refractivity contribution is 0.0746. The molecule has 0 saturated carbocycles. The maximum absolute atomic E-state index is 12.6. The van der Waals surface area contributed by atoms with Crippen LogP contribution >= 0.6 is 0 Å². The molecule has 6 heteroatoms. The van der Waals surface area contributed by atoms with Gasteiger partial charge in [0, 0.05) is 43.0 Å². The second-order valence-corrected chi connectivity index (χ2v) is 6.44. The van der Waals surface area contributed by atoms with Gasteiger partial charge in [0.2, 0.25) is 0 Å². The number of nitriles is 1. The highest BCUT2D eigenvalue weighted by atomic mass is 16.2. The number of benzene rings is 1. The molecule has 1 aliphatic carbocycles. The van der Waals surface area contributed by atoms with Gasteiger partial charge in [-0.3, -0.25) is 4.79 Å². The van der Waals surface area contributed by atoms with Crippen LogP contribution in [0.1, 0.15) is 33.6 Å². The van der Waals surface area contributed by atoms with Crippen molar-refractivity contribution in [1.29, 1.82) is 5.26 Å². The van der Waals surface area contributed by atoms with E-state index in [2.05, 4.69) is 20.9 Å². The molecular weight excluding hydrogens is 314 g/mol. The van der Waals surface area contributed by atoms with Crippen LogP contribution in [0.5, 0.6) is 0 Å². The number of carbonyl (C=O) groups excluding carboxylic acids is 1. The van der Waals surface area contributed by atoms with Crippen LogP contribution in [0, 0.1) is 11.3 Å². The van der Waals surface area contributed by atoms with E-state index < -0.39 is 0 Å². The molecular formula is C19H19N5O. The first-order valence-corrected chi connectivity index (χ1v) is 8.63. The van der Waals surface area contributed by atoms with Gasteiger partial charge in [-0.15, -0.1) is 0 Å². The largest absolute Gasteiger partial charge is 0.353 e. The lowest BCUT2D eigenvalue weighted by atomic mass is 10.1. The van der Waals surface area contributed by atoms with Gasteiger partial charge in [0.1, 0.15) is 12.1 Å². The highest BCUT2D eigenvalue weighted by Gasteiger charge is 2.26. The van der Waals surface area contributed by atoms with Gasteiger partial charge in [-0.25, -0.2) is 9.97 Å². The molecule has 2 aliphatic rings. The second kappa shape index (κ2) is 6.52. The number of nitrogens with zero attached hydrogens (tertiary/aromatic N) is 5. The third kappa shape index (κ3) is 2.93. The minimum Gasteiger partial charge on any atom is -0.353 e. The molecule has 1 aromatic heterocycles. The molecule has 1 aromatic carbocycles. The van der Waals surface area contributed by atoms with Gasteiger partial charge in [-0.1, -0.05) is 0 Å². The normalized spacial score (nSPS) is 16.4. The molecule has 1 fully saturated rings. The predicted molar refractivity (Wildman–Crippen MR) is 93.3 cm³/mol. The van der Waals surface area contributed by atoms with Crippen molar-refractivity contribution in [3.63, 3.8) is 0 Å². The van der Waals surface area contributed by atoms with Gasteiger partial charge in [-0.2, -0.15) is 5.26 Å². The SMILES string of the molecule is N#Cc1ccc(C(=O)N2CCN(c3ncnc4c3CCC4)CC2)cc1. The van der Waals surface area contributed by atoms with E-state index in [1.54, 1.807) is 30.6 Å². The molecule has 25 heavy (non-hydrogen) atoms. The van der Waals surface area contributed by atoms with Crippen LogP contribution in [-0.4, -0.2) is 47.0 Å². The molecule has 0 atom stereocenters. The zero-order valence-corrected chi connectivity index (χ0v) is 14.0. The number of rotatable bonds is 2. The number of anilines is 1. The smallest absolute Gasteiger partial charge is 0.253 e. The Morgan fingerprint density at radius 3 is 2.52 bits per heavy atom. The van der Waals surface area contributed by atoms with Crippen molar-refractivity contribution in [2.24, 2.45) is 0 Å². The Hall–Kier alpha value is -2.94. The first-order valence-electron chi connectivity index (χ1n) is 8.63. The quantitative estimate of drug-likeness (QED) is 0.838. The molecule has 2 aromatic rings. The fourth-order valence-electron chi connectivity index (χ4n) is 3.61. The predicted octanol–water partition coefficient (Wildman–Crippen LogP) is 1.80. The Balaban J connectivity index is 1.44. The lowest BCUT2D eigenvalue weighted by Crippen LogP contribution is -2.49. The first-order chi connectivity index (χ1) is 12.3. The number of piperazine rings is 1. The number of aromatic nitrogens is 2. The number of fused-ring (bicyclic) bond motifs is 1. The summed E-state index contributed by atoms with van der Waals surface area (Å²) in [5.41, 5.74) is 3.67. The fraction of sp³-hybridized carbons (Fsp3) is 0.368. The summed E-state index contributed by atoms with van der Waals surface area (Å²) in [6, 6.07) is 8.90. The molecule has 0 spiro atoms. The second-order valence-electron chi connectivity index (χ2n) is 6.44. The number of hydrogen-bond donors (Lipinski definition) is 0. The van der Waals surface area contributed by atoms with E-state index in [1.165, 1.54) is 11.3 Å². The summed E-state index contributed by atoms with van der Waals surface area (Å²) < 4.78 is 0. The van der Waals surface area contributed by atoms with Gasteiger partial charge >= 0.3 is 0 Å². The van der Waals surface area contributed by atoms with Crippen molar-refractivity contribution >= 4 is 11.7 Å². The third-order valence-electron chi connectivity index (χ3n) is 4.98. The van der Waals surface area contributed by atoms with Gasteiger partial charge < -0.3 is 9.80 Å². The Morgan fingerprint density at radius 1 is 1.04 bits per heavy atom. The average Bonchev–Trinajstić information content (AvgIpc) is 3.16. The van der Waals surface area contributed by atoms with Crippen molar-refractivity contribution in [3.8, 4) is 6.07 Å². The van der Waals surface area contributed by atoms with Crippen molar-refractivity contribution < 1.29 is 4.79 Å². The Labute approximate surface area is 146 Å². The van der Waals surface area contributed by atoms with Crippen LogP contribution in [0.2, 0.25) is 0 Å². The summed E-state index contributed by atoms with van der Waals surface area (Å²) in [4.78, 5) is 25.7. The molecule has 0 radical (unpaired) electrons. The van der Waals surface area contributed by atoms with Crippen LogP contribution < -0.4 is 4.90 Å². The zero-order chi connectivity index (χ0) is 17.2. The molecule has 0 unspecified atom stereocenters. The van der Waals surface area contributed by atoms with E-state index in [0.717, 1.165) is 38.2 Å². The fourth-order valence-corrected chi connectivity index (χ4v) is 3.61. The highest BCUT2D eigenvalue weighted by Crippen LogP contribution is 2.28. The summed E-state index contributed by atoms with van der Waals surface area (Å²) in [5.74, 6) is 1.07. The van der Waals surface area contributed by atoms with Gasteiger partial charge in [0.05, 0.1) is 11.6 Å². The van der Waals surface area contributed by atoms with Crippen molar-refractivity contribution in [2.45, 2.75) is 19.3 Å². The van der Waals surface area contributed by atoms with E-state index in [9.17, 15) is 4.79 Å². The molecule has 0 bridgehead atoms. The Morgan fingerprint density at radius 2 is 1.80 bits per heavy atom. The average molecular weight is 333 g/mol. The maximum atomic E-state index is 12.6. The van der Waals surface area contributed by atoms with E-state index in [0.29, 0.717) is 24.2 Å². The summed E-state index contributed by atoms with van der Waals surface area (Å²) in [5, 5.41) is 8.86. The van der Waals surface area contributed by atoms with E-state index in [4.69, 9.17) is 5.26 Å². The molecule has 126 valence electrons. The molecule has 1 amide bonds. The topological polar surface area (TPSA) is 73.1 Å². The summed E-state index contributed by atoms with van der Waals surface area (Å²) in [7, 11) is 0. The maximum Gasteiger partial charge on any atom is 0.253 e. The van der Waals surface area contributed by atoms with Crippen LogP contribution in [0.25, 0.3) is 0 Å². The molecule has 1 saturated heterocycles. The molecule has 4 rings (SSSR count). The molecule has 6 nitrogen and oxygen atoms in total. The van der Waals surface area contributed by atoms with Gasteiger partial charge in [0.25, 0.3) is 5.91 Å². The van der Waals surface area contributed by atoms with Crippen LogP contribution in [-0.2, 0) is 12.8 Å². The van der Waals surface area contributed by atoms with Crippen LogP contribution in [0.15, 0.2) is 30.6 Å². The zero-order valence-electron chi connectivity index (χ0n) is 14.0. The number of carbonyl (C=O) groups is 1. The summed E-state index contributed by atoms with van der Waals surface area (Å²) >= 11 is 0. The van der Waals surface area contributed by atoms with Gasteiger partial charge in [0.15, 0.2) is 0 Å². The lowest BCUT2D eigenvalue weighted by Gasteiger charge is -2.36. The van der Waals surface area contributed by atoms with Gasteiger partial charge in [-0.05, 0) is 43.5 Å². The van der Waals surface area contributed by atoms with Crippen molar-refractivity contribution in [2.75, 3.05) is 31.1 Å². The van der Waals surface area contributed by atoms with Crippen molar-refractivity contribution in [1.82, 2.24) is 14.9 Å². The minimum atomic E-state index is 0.0251. The van der Waals surface area contributed by atoms with Crippen molar-refractivity contribution in [3.05, 3.63) is 53.0 Å². The number of aryl methyl sites for hydroxylation is 1. The van der Waals surface area contributed by atoms with Crippen LogP contribution in [0.4, 0.5) is 5.82 Å².